The van der Waals surface area contributed by atoms with E-state index in [9.17, 15) is 0 Å². The summed E-state index contributed by atoms with van der Waals surface area (Å²) < 4.78 is 0. The summed E-state index contributed by atoms with van der Waals surface area (Å²) in [5, 5.41) is 21.5. The summed E-state index contributed by atoms with van der Waals surface area (Å²) >= 11 is 0. The molecule has 15 heavy (non-hydrogen) atoms. The molecule has 1 heterocycles. The van der Waals surface area contributed by atoms with E-state index in [1.165, 1.54) is 12.8 Å². The zero-order chi connectivity index (χ0) is 11.3. The number of rotatable bonds is 5. The van der Waals surface area contributed by atoms with E-state index in [4.69, 9.17) is 10.2 Å². The summed E-state index contributed by atoms with van der Waals surface area (Å²) in [5.74, 6) is 0.679. The molecule has 0 saturated carbocycles. The Morgan fingerprint density at radius 3 is 2.27 bits per heavy atom. The Morgan fingerprint density at radius 1 is 1.27 bits per heavy atom. The van der Waals surface area contributed by atoms with Crippen molar-refractivity contribution in [1.29, 1.82) is 0 Å². The normalized spacial score (nSPS) is 20.8. The van der Waals surface area contributed by atoms with Gasteiger partial charge in [-0.3, -0.25) is 0 Å². The number of hydrogen-bond acceptors (Lipinski definition) is 4. The molecule has 0 aromatic carbocycles. The van der Waals surface area contributed by atoms with Gasteiger partial charge in [0.2, 0.25) is 0 Å². The van der Waals surface area contributed by atoms with E-state index in [0.717, 1.165) is 19.6 Å². The molecule has 1 fully saturated rings. The van der Waals surface area contributed by atoms with Crippen molar-refractivity contribution in [2.75, 3.05) is 39.9 Å². The molecule has 90 valence electrons. The van der Waals surface area contributed by atoms with Crippen molar-refractivity contribution in [3.8, 4) is 0 Å². The Labute approximate surface area is 92.3 Å². The third-order valence-corrected chi connectivity index (χ3v) is 3.35. The van der Waals surface area contributed by atoms with E-state index in [1.807, 2.05) is 6.92 Å². The van der Waals surface area contributed by atoms with Crippen molar-refractivity contribution in [1.82, 2.24) is 10.2 Å². The van der Waals surface area contributed by atoms with Crippen molar-refractivity contribution >= 4 is 0 Å². The maximum Gasteiger partial charge on any atom is 0.0633 e. The average Bonchev–Trinajstić information content (AvgIpc) is 2.28. The lowest BCUT2D eigenvalue weighted by molar-refractivity contribution is 0.0954. The molecule has 0 aromatic rings. The molecule has 3 N–H and O–H groups in total. The second-order valence-electron chi connectivity index (χ2n) is 5.00. The largest absolute Gasteiger partial charge is 0.394 e. The Hall–Kier alpha value is -0.160. The molecule has 0 aliphatic carbocycles. The molecule has 1 aliphatic rings. The molecule has 1 saturated heterocycles. The molecule has 4 nitrogen and oxygen atoms in total. The minimum atomic E-state index is -0.524. The van der Waals surface area contributed by atoms with Gasteiger partial charge in [-0.15, -0.1) is 0 Å². The molecule has 0 atom stereocenters. The van der Waals surface area contributed by atoms with Crippen LogP contribution in [0.3, 0.4) is 0 Å². The number of likely N-dealkylation sites (tertiary alicyclic amines) is 1. The maximum atomic E-state index is 9.13. The molecule has 0 radical (unpaired) electrons. The highest BCUT2D eigenvalue weighted by Gasteiger charge is 2.24. The van der Waals surface area contributed by atoms with Gasteiger partial charge in [-0.25, -0.2) is 0 Å². The molecule has 1 aliphatic heterocycles. The highest BCUT2D eigenvalue weighted by molar-refractivity contribution is 4.83. The van der Waals surface area contributed by atoms with Crippen molar-refractivity contribution in [3.05, 3.63) is 0 Å². The highest BCUT2D eigenvalue weighted by atomic mass is 16.3. The Kier molecular flexibility index (Phi) is 4.99. The van der Waals surface area contributed by atoms with Crippen LogP contribution in [0.15, 0.2) is 0 Å². The molecule has 0 spiro atoms. The predicted octanol–water partition coefficient (Wildman–Crippen LogP) is -0.339. The van der Waals surface area contributed by atoms with Gasteiger partial charge in [0.05, 0.1) is 18.8 Å². The first kappa shape index (κ1) is 12.9. The summed E-state index contributed by atoms with van der Waals surface area (Å²) in [4.78, 5) is 2.34. The van der Waals surface area contributed by atoms with Crippen LogP contribution in [0.5, 0.6) is 0 Å². The fraction of sp³-hybridized carbons (Fsp3) is 1.00. The third-order valence-electron chi connectivity index (χ3n) is 3.35. The number of nitrogens with zero attached hydrogens (tertiary/aromatic N) is 1. The van der Waals surface area contributed by atoms with Crippen LogP contribution in [0, 0.1) is 5.92 Å². The van der Waals surface area contributed by atoms with Gasteiger partial charge in [-0.05, 0) is 52.4 Å². The van der Waals surface area contributed by atoms with Crippen molar-refractivity contribution in [2.45, 2.75) is 25.3 Å². The number of nitrogens with one attached hydrogen (secondary N) is 1. The fourth-order valence-electron chi connectivity index (χ4n) is 1.82. The third kappa shape index (κ3) is 4.07. The lowest BCUT2D eigenvalue weighted by atomic mass is 9.95. The summed E-state index contributed by atoms with van der Waals surface area (Å²) in [6, 6.07) is 0. The number of hydrogen-bond donors (Lipinski definition) is 3. The summed E-state index contributed by atoms with van der Waals surface area (Å²) in [6.07, 6.45) is 2.41. The summed E-state index contributed by atoms with van der Waals surface area (Å²) in [6.45, 7) is 5.02. The summed E-state index contributed by atoms with van der Waals surface area (Å²) in [5.41, 5.74) is -0.524. The van der Waals surface area contributed by atoms with Crippen LogP contribution in [0.1, 0.15) is 19.8 Å². The maximum absolute atomic E-state index is 9.13. The molecule has 0 amide bonds. The first-order valence-electron chi connectivity index (χ1n) is 5.75. The Balaban J connectivity index is 2.24. The quantitative estimate of drug-likeness (QED) is 0.588. The first-order valence-corrected chi connectivity index (χ1v) is 5.75. The van der Waals surface area contributed by atoms with E-state index in [-0.39, 0.29) is 13.2 Å². The van der Waals surface area contributed by atoms with Crippen LogP contribution >= 0.6 is 0 Å². The van der Waals surface area contributed by atoms with Gasteiger partial charge in [0.25, 0.3) is 0 Å². The smallest absolute Gasteiger partial charge is 0.0633 e. The number of aliphatic hydroxyl groups excluding tert-OH is 2. The van der Waals surface area contributed by atoms with Gasteiger partial charge in [-0.1, -0.05) is 0 Å². The van der Waals surface area contributed by atoms with Crippen LogP contribution in [-0.2, 0) is 0 Å². The number of aliphatic hydroxyl groups is 2. The van der Waals surface area contributed by atoms with Gasteiger partial charge >= 0.3 is 0 Å². The Bertz CT molecular complexity index is 175. The van der Waals surface area contributed by atoms with E-state index in [1.54, 1.807) is 0 Å². The van der Waals surface area contributed by atoms with E-state index in [0.29, 0.717) is 5.92 Å². The number of piperidine rings is 1. The van der Waals surface area contributed by atoms with Crippen LogP contribution in [0.4, 0.5) is 0 Å². The standard InChI is InChI=1S/C11H24N2O2/c1-11(8-14,9-15)12-7-10-3-5-13(2)6-4-10/h10,12,14-15H,3-9H2,1-2H3. The molecular weight excluding hydrogens is 192 g/mol. The average molecular weight is 216 g/mol. The minimum absolute atomic E-state index is 0.0177. The minimum Gasteiger partial charge on any atom is -0.394 e. The Morgan fingerprint density at radius 2 is 1.80 bits per heavy atom. The molecule has 0 aromatic heterocycles. The van der Waals surface area contributed by atoms with Gasteiger partial charge in [0, 0.05) is 0 Å². The van der Waals surface area contributed by atoms with Crippen molar-refractivity contribution in [3.63, 3.8) is 0 Å². The van der Waals surface area contributed by atoms with Gasteiger partial charge in [-0.2, -0.15) is 0 Å². The molecular formula is C11H24N2O2. The van der Waals surface area contributed by atoms with Crippen molar-refractivity contribution in [2.24, 2.45) is 5.92 Å². The van der Waals surface area contributed by atoms with E-state index >= 15 is 0 Å². The molecule has 0 bridgehead atoms. The molecule has 1 rings (SSSR count). The van der Waals surface area contributed by atoms with E-state index < -0.39 is 5.54 Å². The van der Waals surface area contributed by atoms with Gasteiger partial charge in [0.1, 0.15) is 0 Å². The highest BCUT2D eigenvalue weighted by Crippen LogP contribution is 2.15. The topological polar surface area (TPSA) is 55.7 Å². The zero-order valence-electron chi connectivity index (χ0n) is 9.87. The van der Waals surface area contributed by atoms with Crippen LogP contribution in [-0.4, -0.2) is 60.5 Å². The van der Waals surface area contributed by atoms with Gasteiger partial charge < -0.3 is 20.4 Å². The SMILES string of the molecule is CN1CCC(CNC(C)(CO)CO)CC1. The summed E-state index contributed by atoms with van der Waals surface area (Å²) in [7, 11) is 2.15. The zero-order valence-corrected chi connectivity index (χ0v) is 9.87. The van der Waals surface area contributed by atoms with Crippen LogP contribution < -0.4 is 5.32 Å². The van der Waals surface area contributed by atoms with Crippen molar-refractivity contribution < 1.29 is 10.2 Å². The fourth-order valence-corrected chi connectivity index (χ4v) is 1.82. The second-order valence-corrected chi connectivity index (χ2v) is 5.00. The lowest BCUT2D eigenvalue weighted by Gasteiger charge is -2.33. The van der Waals surface area contributed by atoms with Crippen LogP contribution in [0.25, 0.3) is 0 Å². The monoisotopic (exact) mass is 216 g/mol. The predicted molar refractivity (Wildman–Crippen MR) is 60.8 cm³/mol. The second kappa shape index (κ2) is 5.80. The molecule has 4 heteroatoms. The molecule has 0 unspecified atom stereocenters. The van der Waals surface area contributed by atoms with Crippen LogP contribution in [0.2, 0.25) is 0 Å². The lowest BCUT2D eigenvalue weighted by Crippen LogP contribution is -2.51. The first-order chi connectivity index (χ1) is 7.09. The van der Waals surface area contributed by atoms with E-state index in [2.05, 4.69) is 17.3 Å². The van der Waals surface area contributed by atoms with Gasteiger partial charge in [0.15, 0.2) is 0 Å².